The van der Waals surface area contributed by atoms with Crippen molar-refractivity contribution >= 4 is 19.8 Å². The zero-order valence-electron chi connectivity index (χ0n) is 39.2. The average molecular weight is 877 g/mol. The van der Waals surface area contributed by atoms with Gasteiger partial charge in [-0.15, -0.1) is 0 Å². The minimum absolute atomic E-state index is 0.193. The topological polar surface area (TPSA) is 149 Å². The van der Waals surface area contributed by atoms with Crippen LogP contribution in [0.15, 0.2) is 0 Å². The molecule has 0 radical (unpaired) electrons. The molecular formula is C49H97O10P. The molecule has 3 atom stereocenters. The zero-order valence-corrected chi connectivity index (χ0v) is 40.1. The van der Waals surface area contributed by atoms with E-state index in [1.165, 1.54) is 193 Å². The van der Waals surface area contributed by atoms with Crippen LogP contribution < -0.4 is 0 Å². The molecule has 0 fully saturated rings. The molecule has 0 saturated carbocycles. The van der Waals surface area contributed by atoms with Gasteiger partial charge in [-0.2, -0.15) is 0 Å². The molecule has 0 aromatic heterocycles. The van der Waals surface area contributed by atoms with Crippen LogP contribution in [0, 0.1) is 0 Å². The number of carbonyl (C=O) groups excluding carboxylic acids is 2. The van der Waals surface area contributed by atoms with E-state index in [2.05, 4.69) is 13.8 Å². The molecule has 0 saturated heterocycles. The summed E-state index contributed by atoms with van der Waals surface area (Å²) in [4.78, 5) is 35.2. The average Bonchev–Trinajstić information content (AvgIpc) is 3.24. The SMILES string of the molecule is CCCCCCCCCCCCCCCCCCCCCC(=O)OC(COC(=O)CCCCCCCCCCCCCCCCCCCC)COP(=O)(O)OCC(O)CO. The predicted molar refractivity (Wildman–Crippen MR) is 247 cm³/mol. The third-order valence-electron chi connectivity index (χ3n) is 11.5. The van der Waals surface area contributed by atoms with Crippen LogP contribution in [0.5, 0.6) is 0 Å². The Bertz CT molecular complexity index is 966. The molecule has 0 spiro atoms. The second-order valence-corrected chi connectivity index (χ2v) is 19.0. The van der Waals surface area contributed by atoms with Crippen LogP contribution in [0.2, 0.25) is 0 Å². The molecule has 0 rings (SSSR count). The van der Waals surface area contributed by atoms with Gasteiger partial charge in [0.05, 0.1) is 19.8 Å². The summed E-state index contributed by atoms with van der Waals surface area (Å²) in [5.74, 6) is -0.902. The highest BCUT2D eigenvalue weighted by atomic mass is 31.2. The van der Waals surface area contributed by atoms with Gasteiger partial charge in [0.25, 0.3) is 0 Å². The monoisotopic (exact) mass is 877 g/mol. The summed E-state index contributed by atoms with van der Waals surface area (Å²) in [5.41, 5.74) is 0. The Kier molecular flexibility index (Phi) is 45.2. The lowest BCUT2D eigenvalue weighted by atomic mass is 10.0. The summed E-state index contributed by atoms with van der Waals surface area (Å²) < 4.78 is 32.9. The maximum atomic E-state index is 12.7. The number of phosphoric ester groups is 1. The van der Waals surface area contributed by atoms with Crippen LogP contribution in [0.1, 0.15) is 264 Å². The van der Waals surface area contributed by atoms with Crippen LogP contribution in [0.25, 0.3) is 0 Å². The predicted octanol–water partition coefficient (Wildman–Crippen LogP) is 14.2. The zero-order chi connectivity index (χ0) is 44.0. The van der Waals surface area contributed by atoms with Crippen LogP contribution in [0.3, 0.4) is 0 Å². The third kappa shape index (κ3) is 45.0. The Morgan fingerprint density at radius 3 is 1.03 bits per heavy atom. The number of phosphoric acid groups is 1. The number of carbonyl (C=O) groups is 2. The van der Waals surface area contributed by atoms with Gasteiger partial charge < -0.3 is 24.6 Å². The van der Waals surface area contributed by atoms with E-state index in [0.29, 0.717) is 12.8 Å². The lowest BCUT2D eigenvalue weighted by molar-refractivity contribution is -0.161. The Morgan fingerprint density at radius 2 is 0.717 bits per heavy atom. The molecular weight excluding hydrogens is 780 g/mol. The highest BCUT2D eigenvalue weighted by molar-refractivity contribution is 7.47. The number of ether oxygens (including phenoxy) is 2. The van der Waals surface area contributed by atoms with Gasteiger partial charge in [-0.05, 0) is 12.8 Å². The normalized spacial score (nSPS) is 13.6. The van der Waals surface area contributed by atoms with E-state index in [0.717, 1.165) is 32.1 Å². The maximum absolute atomic E-state index is 12.7. The quantitative estimate of drug-likeness (QED) is 0.0306. The Labute approximate surface area is 369 Å². The highest BCUT2D eigenvalue weighted by Gasteiger charge is 2.27. The van der Waals surface area contributed by atoms with Crippen molar-refractivity contribution in [3.05, 3.63) is 0 Å². The van der Waals surface area contributed by atoms with Crippen LogP contribution in [-0.4, -0.2) is 65.7 Å². The van der Waals surface area contributed by atoms with Gasteiger partial charge in [0, 0.05) is 12.8 Å². The van der Waals surface area contributed by atoms with Crippen molar-refractivity contribution in [2.24, 2.45) is 0 Å². The Balaban J connectivity index is 4.13. The van der Waals surface area contributed by atoms with Crippen LogP contribution >= 0.6 is 7.82 Å². The van der Waals surface area contributed by atoms with E-state index in [9.17, 15) is 24.2 Å². The number of esters is 2. The second-order valence-electron chi connectivity index (χ2n) is 17.6. The smallest absolute Gasteiger partial charge is 0.462 e. The van der Waals surface area contributed by atoms with E-state index in [1.54, 1.807) is 0 Å². The molecule has 358 valence electrons. The molecule has 10 nitrogen and oxygen atoms in total. The second kappa shape index (κ2) is 46.0. The van der Waals surface area contributed by atoms with Crippen molar-refractivity contribution in [3.63, 3.8) is 0 Å². The summed E-state index contributed by atoms with van der Waals surface area (Å²) in [6, 6.07) is 0. The Hall–Kier alpha value is -1.03. The fraction of sp³-hybridized carbons (Fsp3) is 0.959. The summed E-state index contributed by atoms with van der Waals surface area (Å²) in [5, 5.41) is 18.4. The molecule has 0 aromatic carbocycles. The molecule has 0 bridgehead atoms. The summed E-state index contributed by atoms with van der Waals surface area (Å²) in [6.07, 6.45) is 45.0. The largest absolute Gasteiger partial charge is 0.472 e. The third-order valence-corrected chi connectivity index (χ3v) is 12.5. The maximum Gasteiger partial charge on any atom is 0.472 e. The number of hydrogen-bond acceptors (Lipinski definition) is 9. The van der Waals surface area contributed by atoms with Gasteiger partial charge >= 0.3 is 19.8 Å². The summed E-state index contributed by atoms with van der Waals surface area (Å²) >= 11 is 0. The van der Waals surface area contributed by atoms with E-state index < -0.39 is 51.8 Å². The van der Waals surface area contributed by atoms with E-state index in [-0.39, 0.29) is 19.4 Å². The fourth-order valence-electron chi connectivity index (χ4n) is 7.59. The fourth-order valence-corrected chi connectivity index (χ4v) is 8.37. The first kappa shape index (κ1) is 59.0. The highest BCUT2D eigenvalue weighted by Crippen LogP contribution is 2.43. The summed E-state index contributed by atoms with van der Waals surface area (Å²) in [7, 11) is -4.61. The molecule has 0 aliphatic heterocycles. The number of unbranched alkanes of at least 4 members (excludes halogenated alkanes) is 35. The van der Waals surface area contributed by atoms with Crippen molar-refractivity contribution in [3.8, 4) is 0 Å². The number of aliphatic hydroxyl groups is 2. The van der Waals surface area contributed by atoms with Gasteiger partial charge in [0.1, 0.15) is 12.7 Å². The lowest BCUT2D eigenvalue weighted by Crippen LogP contribution is -2.29. The first-order chi connectivity index (χ1) is 29.2. The molecule has 3 N–H and O–H groups in total. The number of aliphatic hydroxyl groups excluding tert-OH is 2. The molecule has 0 amide bonds. The van der Waals surface area contributed by atoms with Gasteiger partial charge in [0.15, 0.2) is 6.10 Å². The van der Waals surface area contributed by atoms with Crippen molar-refractivity contribution in [1.29, 1.82) is 0 Å². The standard InChI is InChI=1S/C49H97O10P/c1-3-5-7-9-11-13-15-17-19-21-23-25-27-29-31-33-35-37-39-41-49(53)59-47(45-58-60(54,55)57-43-46(51)42-50)44-56-48(52)40-38-36-34-32-30-28-26-24-22-20-18-16-14-12-10-8-6-4-2/h46-47,50-51H,3-45H2,1-2H3,(H,54,55). The molecule has 0 heterocycles. The van der Waals surface area contributed by atoms with Crippen LogP contribution in [-0.2, 0) is 32.7 Å². The first-order valence-corrected chi connectivity index (χ1v) is 27.0. The molecule has 0 aliphatic carbocycles. The van der Waals surface area contributed by atoms with Crippen molar-refractivity contribution < 1.29 is 47.8 Å². The van der Waals surface area contributed by atoms with Gasteiger partial charge in [0.2, 0.25) is 0 Å². The van der Waals surface area contributed by atoms with Crippen molar-refractivity contribution in [2.75, 3.05) is 26.4 Å². The Morgan fingerprint density at radius 1 is 0.433 bits per heavy atom. The van der Waals surface area contributed by atoms with Crippen molar-refractivity contribution in [2.45, 2.75) is 276 Å². The van der Waals surface area contributed by atoms with Gasteiger partial charge in [-0.25, -0.2) is 4.57 Å². The molecule has 0 aliphatic rings. The molecule has 0 aromatic rings. The lowest BCUT2D eigenvalue weighted by Gasteiger charge is -2.20. The minimum Gasteiger partial charge on any atom is -0.462 e. The number of rotatable bonds is 49. The number of hydrogen-bond donors (Lipinski definition) is 3. The van der Waals surface area contributed by atoms with E-state index in [1.807, 2.05) is 0 Å². The molecule has 11 heteroatoms. The van der Waals surface area contributed by atoms with Gasteiger partial charge in [-0.1, -0.05) is 239 Å². The van der Waals surface area contributed by atoms with E-state index >= 15 is 0 Å². The van der Waals surface area contributed by atoms with Crippen LogP contribution in [0.4, 0.5) is 0 Å². The van der Waals surface area contributed by atoms with Crippen molar-refractivity contribution in [1.82, 2.24) is 0 Å². The van der Waals surface area contributed by atoms with Gasteiger partial charge in [-0.3, -0.25) is 18.6 Å². The molecule has 3 unspecified atom stereocenters. The van der Waals surface area contributed by atoms with E-state index in [4.69, 9.17) is 23.6 Å². The summed E-state index contributed by atoms with van der Waals surface area (Å²) in [6.45, 7) is 2.45. The molecule has 60 heavy (non-hydrogen) atoms. The minimum atomic E-state index is -4.61. The first-order valence-electron chi connectivity index (χ1n) is 25.5.